The van der Waals surface area contributed by atoms with E-state index in [0.29, 0.717) is 30.4 Å². The quantitative estimate of drug-likeness (QED) is 0.206. The van der Waals surface area contributed by atoms with Crippen molar-refractivity contribution in [1.29, 1.82) is 0 Å². The molecule has 7 nitrogen and oxygen atoms in total. The van der Waals surface area contributed by atoms with Crippen LogP contribution in [0.3, 0.4) is 0 Å². The number of hydrogen-bond donors (Lipinski definition) is 1. The first kappa shape index (κ1) is 27.8. The van der Waals surface area contributed by atoms with Crippen LogP contribution in [0.4, 0.5) is 10.2 Å². The Hall–Kier alpha value is -4.72. The first-order valence-electron chi connectivity index (χ1n) is 13.7. The number of pyridine rings is 1. The fraction of sp³-hybridized carbons (Fsp3) is 0.242. The van der Waals surface area contributed by atoms with E-state index in [4.69, 9.17) is 4.98 Å². The Morgan fingerprint density at radius 2 is 1.56 bits per heavy atom. The van der Waals surface area contributed by atoms with Crippen LogP contribution < -0.4 is 4.90 Å². The van der Waals surface area contributed by atoms with Crippen LogP contribution in [-0.4, -0.2) is 37.9 Å². The van der Waals surface area contributed by atoms with Crippen LogP contribution in [0.25, 0.3) is 22.6 Å². The fourth-order valence-electron chi connectivity index (χ4n) is 4.86. The molecule has 0 fully saturated rings. The zero-order valence-corrected chi connectivity index (χ0v) is 23.5. The zero-order valence-electron chi connectivity index (χ0n) is 23.5. The molecule has 0 atom stereocenters. The molecule has 0 saturated heterocycles. The normalized spacial score (nSPS) is 11.1. The number of carbonyl (C=O) groups excluding carboxylic acids is 1. The number of benzene rings is 3. The molecule has 0 aliphatic carbocycles. The van der Waals surface area contributed by atoms with Gasteiger partial charge in [-0.1, -0.05) is 80.1 Å². The monoisotopic (exact) mass is 548 g/mol. The molecule has 0 unspecified atom stereocenters. The molecule has 0 amide bonds. The topological polar surface area (TPSA) is 87.7 Å². The SMILES string of the molecule is Cc1ccc(CC(=O)Cc2cc(-c3ccccc3-c3nn[nH]n3)nc(N(Cc3ccc(F)cc3)CC(C)C)c2)cc1. The highest BCUT2D eigenvalue weighted by molar-refractivity contribution is 5.84. The molecule has 2 heterocycles. The molecule has 5 rings (SSSR count). The average Bonchev–Trinajstić information content (AvgIpc) is 3.50. The van der Waals surface area contributed by atoms with Gasteiger partial charge in [-0.2, -0.15) is 5.21 Å². The van der Waals surface area contributed by atoms with Crippen LogP contribution in [0.1, 0.15) is 36.1 Å². The van der Waals surface area contributed by atoms with Gasteiger partial charge in [-0.15, -0.1) is 10.2 Å². The van der Waals surface area contributed by atoms with Gasteiger partial charge in [-0.05, 0) is 59.0 Å². The summed E-state index contributed by atoms with van der Waals surface area (Å²) in [6, 6.07) is 26.4. The molecule has 0 aliphatic heterocycles. The minimum atomic E-state index is -0.267. The number of aryl methyl sites for hydroxylation is 1. The highest BCUT2D eigenvalue weighted by Crippen LogP contribution is 2.31. The van der Waals surface area contributed by atoms with Crippen LogP contribution in [0.5, 0.6) is 0 Å². The van der Waals surface area contributed by atoms with E-state index in [2.05, 4.69) is 39.4 Å². The third-order valence-electron chi connectivity index (χ3n) is 6.78. The number of H-pyrrole nitrogens is 1. The molecule has 3 aromatic carbocycles. The first-order chi connectivity index (χ1) is 19.8. The summed E-state index contributed by atoms with van der Waals surface area (Å²) in [5.74, 6) is 1.42. The number of ketones is 1. The summed E-state index contributed by atoms with van der Waals surface area (Å²) in [6.07, 6.45) is 0.630. The summed E-state index contributed by atoms with van der Waals surface area (Å²) >= 11 is 0. The molecule has 0 radical (unpaired) electrons. The van der Waals surface area contributed by atoms with E-state index in [1.807, 2.05) is 67.6 Å². The summed E-state index contributed by atoms with van der Waals surface area (Å²) in [6.45, 7) is 7.63. The molecule has 208 valence electrons. The van der Waals surface area contributed by atoms with E-state index in [9.17, 15) is 9.18 Å². The number of hydrogen-bond acceptors (Lipinski definition) is 6. The summed E-state index contributed by atoms with van der Waals surface area (Å²) in [5.41, 5.74) is 6.35. The Kier molecular flexibility index (Phi) is 8.58. The Morgan fingerprint density at radius 3 is 2.24 bits per heavy atom. The van der Waals surface area contributed by atoms with Gasteiger partial charge in [0.25, 0.3) is 0 Å². The van der Waals surface area contributed by atoms with Crippen molar-refractivity contribution in [3.05, 3.63) is 113 Å². The summed E-state index contributed by atoms with van der Waals surface area (Å²) < 4.78 is 13.6. The van der Waals surface area contributed by atoms with Crippen molar-refractivity contribution in [2.75, 3.05) is 11.4 Å². The zero-order chi connectivity index (χ0) is 28.8. The van der Waals surface area contributed by atoms with Crippen molar-refractivity contribution in [2.45, 2.75) is 40.2 Å². The Balaban J connectivity index is 1.55. The van der Waals surface area contributed by atoms with Crippen molar-refractivity contribution >= 4 is 11.6 Å². The maximum atomic E-state index is 13.6. The maximum absolute atomic E-state index is 13.6. The molecule has 8 heteroatoms. The molecule has 41 heavy (non-hydrogen) atoms. The summed E-state index contributed by atoms with van der Waals surface area (Å²) in [4.78, 5) is 20.5. The maximum Gasteiger partial charge on any atom is 0.205 e. The minimum absolute atomic E-state index is 0.123. The van der Waals surface area contributed by atoms with Gasteiger partial charge < -0.3 is 4.90 Å². The predicted molar refractivity (Wildman–Crippen MR) is 159 cm³/mol. The van der Waals surface area contributed by atoms with E-state index in [1.54, 1.807) is 12.1 Å². The van der Waals surface area contributed by atoms with E-state index in [-0.39, 0.29) is 18.0 Å². The molecular weight excluding hydrogens is 515 g/mol. The average molecular weight is 549 g/mol. The second kappa shape index (κ2) is 12.6. The van der Waals surface area contributed by atoms with Crippen LogP contribution >= 0.6 is 0 Å². The second-order valence-corrected chi connectivity index (χ2v) is 10.8. The standard InChI is InChI=1S/C33H33FN6O/c1-22(2)20-40(21-25-12-14-27(34)15-13-25)32-19-26(17-28(41)16-24-10-8-23(3)9-11-24)18-31(35-32)29-6-4-5-7-30(29)33-36-38-39-37-33/h4-15,18-19,22H,16-17,20-21H2,1-3H3,(H,36,37,38,39). The number of nitrogens with zero attached hydrogens (tertiary/aromatic N) is 5. The highest BCUT2D eigenvalue weighted by atomic mass is 19.1. The Morgan fingerprint density at radius 1 is 0.878 bits per heavy atom. The Labute approximate surface area is 239 Å². The second-order valence-electron chi connectivity index (χ2n) is 10.8. The van der Waals surface area contributed by atoms with E-state index in [1.165, 1.54) is 12.1 Å². The molecule has 2 aromatic heterocycles. The smallest absolute Gasteiger partial charge is 0.205 e. The Bertz CT molecular complexity index is 1600. The van der Waals surface area contributed by atoms with Crippen LogP contribution in [0, 0.1) is 18.7 Å². The van der Waals surface area contributed by atoms with Crippen molar-refractivity contribution in [2.24, 2.45) is 5.92 Å². The summed E-state index contributed by atoms with van der Waals surface area (Å²) in [5, 5.41) is 14.6. The number of rotatable bonds is 11. The molecule has 0 saturated carbocycles. The lowest BCUT2D eigenvalue weighted by molar-refractivity contribution is -0.117. The van der Waals surface area contributed by atoms with Gasteiger partial charge in [0.05, 0.1) is 5.69 Å². The molecular formula is C33H33FN6O. The van der Waals surface area contributed by atoms with Gasteiger partial charge in [-0.25, -0.2) is 9.37 Å². The van der Waals surface area contributed by atoms with Crippen LogP contribution in [0.2, 0.25) is 0 Å². The third-order valence-corrected chi connectivity index (χ3v) is 6.78. The number of carbonyl (C=O) groups is 1. The van der Waals surface area contributed by atoms with Crippen LogP contribution in [-0.2, 0) is 24.2 Å². The third kappa shape index (κ3) is 7.28. The number of aromatic nitrogens is 5. The highest BCUT2D eigenvalue weighted by Gasteiger charge is 2.18. The van der Waals surface area contributed by atoms with Gasteiger partial charge in [0.1, 0.15) is 17.4 Å². The molecule has 0 spiro atoms. The lowest BCUT2D eigenvalue weighted by Crippen LogP contribution is -2.28. The largest absolute Gasteiger partial charge is 0.352 e. The van der Waals surface area contributed by atoms with Crippen molar-refractivity contribution in [1.82, 2.24) is 25.6 Å². The van der Waals surface area contributed by atoms with E-state index >= 15 is 0 Å². The van der Waals surface area contributed by atoms with Gasteiger partial charge in [-0.3, -0.25) is 4.79 Å². The fourth-order valence-corrected chi connectivity index (χ4v) is 4.86. The van der Waals surface area contributed by atoms with Gasteiger partial charge >= 0.3 is 0 Å². The van der Waals surface area contributed by atoms with E-state index in [0.717, 1.165) is 45.7 Å². The van der Waals surface area contributed by atoms with Crippen molar-refractivity contribution in [3.8, 4) is 22.6 Å². The number of anilines is 1. The van der Waals surface area contributed by atoms with Gasteiger partial charge in [0.2, 0.25) is 5.82 Å². The van der Waals surface area contributed by atoms with Gasteiger partial charge in [0, 0.05) is 37.1 Å². The lowest BCUT2D eigenvalue weighted by atomic mass is 9.98. The number of aromatic amines is 1. The number of nitrogens with one attached hydrogen (secondary N) is 1. The predicted octanol–water partition coefficient (Wildman–Crippen LogP) is 6.39. The van der Waals surface area contributed by atoms with E-state index < -0.39 is 0 Å². The summed E-state index contributed by atoms with van der Waals surface area (Å²) in [7, 11) is 0. The number of Topliss-reactive ketones (excluding diaryl/α,β-unsaturated/α-hetero) is 1. The molecule has 0 aliphatic rings. The molecule has 5 aromatic rings. The minimum Gasteiger partial charge on any atom is -0.352 e. The van der Waals surface area contributed by atoms with Gasteiger partial charge in [0.15, 0.2) is 0 Å². The van der Waals surface area contributed by atoms with Crippen LogP contribution in [0.15, 0.2) is 84.9 Å². The lowest BCUT2D eigenvalue weighted by Gasteiger charge is -2.27. The molecule has 0 bridgehead atoms. The van der Waals surface area contributed by atoms with Crippen molar-refractivity contribution in [3.63, 3.8) is 0 Å². The van der Waals surface area contributed by atoms with Crippen molar-refractivity contribution < 1.29 is 9.18 Å². The number of halogens is 1. The molecule has 1 N–H and O–H groups in total. The first-order valence-corrected chi connectivity index (χ1v) is 13.7. The number of tetrazole rings is 1.